The number of hydrogen-bond acceptors (Lipinski definition) is 8. The molecular formula is C18H16N2O2S4. The highest BCUT2D eigenvalue weighted by Gasteiger charge is 2.13. The normalized spacial score (nSPS) is 11.3. The number of ether oxygens (including phenoxy) is 2. The summed E-state index contributed by atoms with van der Waals surface area (Å²) in [6, 6.07) is 12.0. The fraction of sp³-hybridized carbons (Fsp3) is 0.222. The Bertz CT molecular complexity index is 960. The van der Waals surface area contributed by atoms with E-state index in [1.165, 1.54) is 0 Å². The van der Waals surface area contributed by atoms with Gasteiger partial charge in [0.05, 0.1) is 33.6 Å². The summed E-state index contributed by atoms with van der Waals surface area (Å²) < 4.78 is 15.6. The van der Waals surface area contributed by atoms with Crippen molar-refractivity contribution < 1.29 is 9.47 Å². The van der Waals surface area contributed by atoms with Crippen molar-refractivity contribution >= 4 is 64.7 Å². The molecule has 4 aromatic rings. The Morgan fingerprint density at radius 2 is 1.23 bits per heavy atom. The summed E-state index contributed by atoms with van der Waals surface area (Å²) in [5.41, 5.74) is 1.96. The van der Waals surface area contributed by atoms with Gasteiger partial charge in [0.15, 0.2) is 8.68 Å². The number of benzene rings is 2. The number of thiazole rings is 2. The zero-order chi connectivity index (χ0) is 17.9. The topological polar surface area (TPSA) is 44.2 Å². The van der Waals surface area contributed by atoms with Gasteiger partial charge in [0.25, 0.3) is 0 Å². The van der Waals surface area contributed by atoms with Gasteiger partial charge in [-0.05, 0) is 59.7 Å². The summed E-state index contributed by atoms with van der Waals surface area (Å²) in [5, 5.41) is 0. The SMILES string of the molecule is CCOc1cccc2nc(SSc3nc4cccc(OCC)c4s3)sc12. The standard InChI is InChI=1S/C18H16N2O2S4/c1-3-21-13-9-5-7-11-15(13)23-17(19-11)25-26-18-20-12-8-6-10-14(22-4-2)16(12)24-18/h5-10H,3-4H2,1-2H3. The maximum atomic E-state index is 5.70. The van der Waals surface area contributed by atoms with E-state index < -0.39 is 0 Å². The number of fused-ring (bicyclic) bond motifs is 2. The Morgan fingerprint density at radius 1 is 0.769 bits per heavy atom. The van der Waals surface area contributed by atoms with Crippen LogP contribution in [0.15, 0.2) is 45.1 Å². The minimum atomic E-state index is 0.655. The summed E-state index contributed by atoms with van der Waals surface area (Å²) in [5.74, 6) is 1.81. The van der Waals surface area contributed by atoms with E-state index >= 15 is 0 Å². The first-order valence-corrected chi connectivity index (χ1v) is 12.0. The maximum absolute atomic E-state index is 5.70. The third kappa shape index (κ3) is 3.64. The molecule has 0 atom stereocenters. The van der Waals surface area contributed by atoms with E-state index in [9.17, 15) is 0 Å². The smallest absolute Gasteiger partial charge is 0.162 e. The molecule has 0 bridgehead atoms. The van der Waals surface area contributed by atoms with E-state index in [4.69, 9.17) is 19.4 Å². The molecule has 4 rings (SSSR count). The number of nitrogens with zero attached hydrogens (tertiary/aromatic N) is 2. The Balaban J connectivity index is 1.55. The highest BCUT2D eigenvalue weighted by atomic mass is 33.1. The molecule has 8 heteroatoms. The van der Waals surface area contributed by atoms with Crippen molar-refractivity contribution in [2.75, 3.05) is 13.2 Å². The molecule has 26 heavy (non-hydrogen) atoms. The molecule has 0 amide bonds. The third-order valence-corrected chi connectivity index (χ3v) is 8.64. The highest BCUT2D eigenvalue weighted by Crippen LogP contribution is 2.45. The van der Waals surface area contributed by atoms with E-state index in [-0.39, 0.29) is 0 Å². The van der Waals surface area contributed by atoms with Crippen molar-refractivity contribution in [1.82, 2.24) is 9.97 Å². The second kappa shape index (κ2) is 8.04. The fourth-order valence-electron chi connectivity index (χ4n) is 2.49. The van der Waals surface area contributed by atoms with Gasteiger partial charge in [0.2, 0.25) is 0 Å². The molecule has 2 aromatic carbocycles. The molecule has 0 fully saturated rings. The molecule has 134 valence electrons. The average molecular weight is 421 g/mol. The summed E-state index contributed by atoms with van der Waals surface area (Å²) in [6.07, 6.45) is 0. The predicted molar refractivity (Wildman–Crippen MR) is 113 cm³/mol. The predicted octanol–water partition coefficient (Wildman–Crippen LogP) is 6.50. The minimum Gasteiger partial charge on any atom is -0.492 e. The largest absolute Gasteiger partial charge is 0.492 e. The van der Waals surface area contributed by atoms with Crippen molar-refractivity contribution in [2.45, 2.75) is 22.5 Å². The molecule has 0 aliphatic heterocycles. The van der Waals surface area contributed by atoms with Gasteiger partial charge >= 0.3 is 0 Å². The second-order valence-corrected chi connectivity index (χ2v) is 9.82. The van der Waals surface area contributed by atoms with Crippen LogP contribution in [0.1, 0.15) is 13.8 Å². The van der Waals surface area contributed by atoms with E-state index in [1.54, 1.807) is 44.3 Å². The quantitative estimate of drug-likeness (QED) is 0.318. The Morgan fingerprint density at radius 3 is 1.65 bits per heavy atom. The first-order chi connectivity index (χ1) is 12.8. The third-order valence-electron chi connectivity index (χ3n) is 3.50. The van der Waals surface area contributed by atoms with Crippen molar-refractivity contribution in [3.05, 3.63) is 36.4 Å². The first kappa shape index (κ1) is 17.9. The van der Waals surface area contributed by atoms with E-state index in [2.05, 4.69) is 0 Å². The van der Waals surface area contributed by atoms with Crippen LogP contribution in [0.4, 0.5) is 0 Å². The van der Waals surface area contributed by atoms with Gasteiger partial charge in [-0.15, -0.1) is 22.7 Å². The molecule has 0 N–H and O–H groups in total. The Labute approximate surface area is 167 Å². The monoisotopic (exact) mass is 420 g/mol. The zero-order valence-electron chi connectivity index (χ0n) is 14.2. The lowest BCUT2D eigenvalue weighted by atomic mass is 10.3. The van der Waals surface area contributed by atoms with Crippen LogP contribution < -0.4 is 9.47 Å². The first-order valence-electron chi connectivity index (χ1n) is 8.17. The van der Waals surface area contributed by atoms with Gasteiger partial charge in [-0.3, -0.25) is 0 Å². The molecule has 0 saturated heterocycles. The van der Waals surface area contributed by atoms with Crippen LogP contribution in [0, 0.1) is 0 Å². The number of rotatable bonds is 7. The molecule has 0 unspecified atom stereocenters. The highest BCUT2D eigenvalue weighted by molar-refractivity contribution is 8.77. The lowest BCUT2D eigenvalue weighted by Crippen LogP contribution is -1.90. The number of aromatic nitrogens is 2. The molecular weight excluding hydrogens is 404 g/mol. The molecule has 2 heterocycles. The van der Waals surface area contributed by atoms with Gasteiger partial charge in [-0.2, -0.15) is 0 Å². The average Bonchev–Trinajstić information content (AvgIpc) is 3.25. The lowest BCUT2D eigenvalue weighted by molar-refractivity contribution is 0.344. The molecule has 0 aliphatic rings. The minimum absolute atomic E-state index is 0.655. The van der Waals surface area contributed by atoms with Crippen LogP contribution in [0.3, 0.4) is 0 Å². The van der Waals surface area contributed by atoms with Crippen LogP contribution in [0.25, 0.3) is 20.4 Å². The van der Waals surface area contributed by atoms with Crippen LogP contribution in [0.5, 0.6) is 11.5 Å². The van der Waals surface area contributed by atoms with Gasteiger partial charge in [0.1, 0.15) is 11.5 Å². The number of hydrogen-bond donors (Lipinski definition) is 0. The molecule has 0 saturated carbocycles. The van der Waals surface area contributed by atoms with Crippen molar-refractivity contribution in [2.24, 2.45) is 0 Å². The van der Waals surface area contributed by atoms with Crippen LogP contribution in [-0.2, 0) is 0 Å². The molecule has 0 spiro atoms. The van der Waals surface area contributed by atoms with Crippen LogP contribution in [-0.4, -0.2) is 23.2 Å². The van der Waals surface area contributed by atoms with E-state index in [1.807, 2.05) is 50.2 Å². The van der Waals surface area contributed by atoms with Crippen LogP contribution in [0.2, 0.25) is 0 Å². The lowest BCUT2D eigenvalue weighted by Gasteiger charge is -2.01. The van der Waals surface area contributed by atoms with Crippen molar-refractivity contribution in [3.63, 3.8) is 0 Å². The maximum Gasteiger partial charge on any atom is 0.162 e. The van der Waals surface area contributed by atoms with Gasteiger partial charge in [-0.25, -0.2) is 9.97 Å². The van der Waals surface area contributed by atoms with Crippen molar-refractivity contribution in [3.8, 4) is 11.5 Å². The Kier molecular flexibility index (Phi) is 5.54. The summed E-state index contributed by atoms with van der Waals surface area (Å²) in [4.78, 5) is 9.41. The molecule has 4 nitrogen and oxygen atoms in total. The van der Waals surface area contributed by atoms with E-state index in [0.717, 1.165) is 40.6 Å². The summed E-state index contributed by atoms with van der Waals surface area (Å²) >= 11 is 3.32. The second-order valence-electron chi connectivity index (χ2n) is 5.20. The summed E-state index contributed by atoms with van der Waals surface area (Å²) in [7, 11) is 3.27. The van der Waals surface area contributed by atoms with Gasteiger partial charge < -0.3 is 9.47 Å². The van der Waals surface area contributed by atoms with Crippen molar-refractivity contribution in [1.29, 1.82) is 0 Å². The van der Waals surface area contributed by atoms with Gasteiger partial charge in [0, 0.05) is 0 Å². The van der Waals surface area contributed by atoms with Gasteiger partial charge in [-0.1, -0.05) is 12.1 Å². The Hall–Kier alpha value is -1.48. The summed E-state index contributed by atoms with van der Waals surface area (Å²) in [6.45, 7) is 5.30. The van der Waals surface area contributed by atoms with E-state index in [0.29, 0.717) is 13.2 Å². The fourth-order valence-corrected chi connectivity index (χ4v) is 7.08. The molecule has 0 aliphatic carbocycles. The molecule has 2 aromatic heterocycles. The zero-order valence-corrected chi connectivity index (χ0v) is 17.5. The van der Waals surface area contributed by atoms with Crippen LogP contribution >= 0.6 is 44.3 Å². The molecule has 0 radical (unpaired) electrons.